The number of hydrogen-bond acceptors (Lipinski definition) is 1. The number of aryl methyl sites for hydroxylation is 1. The molecule has 0 aliphatic heterocycles. The van der Waals surface area contributed by atoms with Crippen molar-refractivity contribution in [2.75, 3.05) is 0 Å². The monoisotopic (exact) mass is 202 g/mol. The molecule has 1 aliphatic carbocycles. The Hall–Kier alpha value is -1.08. The van der Waals surface area contributed by atoms with Crippen molar-refractivity contribution in [2.45, 2.75) is 33.3 Å². The molecule has 0 heterocycles. The van der Waals surface area contributed by atoms with Crippen LogP contribution in [0.2, 0.25) is 0 Å². The summed E-state index contributed by atoms with van der Waals surface area (Å²) in [5.74, 6) is 0. The van der Waals surface area contributed by atoms with E-state index in [1.165, 1.54) is 16.7 Å². The van der Waals surface area contributed by atoms with Gasteiger partial charge in [-0.15, -0.1) is 0 Å². The minimum absolute atomic E-state index is 0.0919. The fourth-order valence-corrected chi connectivity index (χ4v) is 2.33. The molecule has 0 amide bonds. The molecule has 0 aromatic heterocycles. The summed E-state index contributed by atoms with van der Waals surface area (Å²) in [5, 5.41) is 9.67. The van der Waals surface area contributed by atoms with Gasteiger partial charge in [0.15, 0.2) is 0 Å². The second-order valence-electron chi connectivity index (χ2n) is 5.10. The molecule has 1 unspecified atom stereocenters. The van der Waals surface area contributed by atoms with Crippen LogP contribution in [0.5, 0.6) is 0 Å². The molecule has 1 heteroatoms. The quantitative estimate of drug-likeness (QED) is 0.741. The highest BCUT2D eigenvalue weighted by Crippen LogP contribution is 2.43. The first-order valence-electron chi connectivity index (χ1n) is 5.46. The zero-order chi connectivity index (χ0) is 11.1. The van der Waals surface area contributed by atoms with Crippen LogP contribution >= 0.6 is 0 Å². The summed E-state index contributed by atoms with van der Waals surface area (Å²) < 4.78 is 0. The van der Waals surface area contributed by atoms with Gasteiger partial charge < -0.3 is 5.11 Å². The third kappa shape index (κ3) is 1.98. The van der Waals surface area contributed by atoms with E-state index in [2.05, 4.69) is 45.0 Å². The average molecular weight is 202 g/mol. The Morgan fingerprint density at radius 3 is 2.27 bits per heavy atom. The smallest absolute Gasteiger partial charge is 0.0735 e. The Kier molecular flexibility index (Phi) is 2.43. The summed E-state index contributed by atoms with van der Waals surface area (Å²) in [6.07, 6.45) is 2.54. The number of aliphatic hydroxyl groups excluding tert-OH is 1. The van der Waals surface area contributed by atoms with E-state index in [1.54, 1.807) is 0 Å². The lowest BCUT2D eigenvalue weighted by molar-refractivity contribution is 0.193. The predicted octanol–water partition coefficient (Wildman–Crippen LogP) is 3.17. The Labute approximate surface area is 91.4 Å². The van der Waals surface area contributed by atoms with Crippen LogP contribution < -0.4 is 0 Å². The Morgan fingerprint density at radius 2 is 1.80 bits per heavy atom. The Bertz CT molecular complexity index is 384. The lowest BCUT2D eigenvalue weighted by Crippen LogP contribution is -2.12. The van der Waals surface area contributed by atoms with Crippen molar-refractivity contribution >= 4 is 5.57 Å². The van der Waals surface area contributed by atoms with Gasteiger partial charge in [-0.3, -0.25) is 0 Å². The molecule has 0 bridgehead atoms. The maximum absolute atomic E-state index is 9.67. The average Bonchev–Trinajstić information content (AvgIpc) is 2.41. The van der Waals surface area contributed by atoms with Gasteiger partial charge in [-0.1, -0.05) is 49.8 Å². The van der Waals surface area contributed by atoms with Crippen molar-refractivity contribution in [3.63, 3.8) is 0 Å². The second kappa shape index (κ2) is 3.49. The van der Waals surface area contributed by atoms with Crippen LogP contribution in [-0.2, 0) is 0 Å². The van der Waals surface area contributed by atoms with Crippen LogP contribution in [0.4, 0.5) is 0 Å². The van der Waals surface area contributed by atoms with Crippen molar-refractivity contribution in [1.29, 1.82) is 0 Å². The zero-order valence-corrected chi connectivity index (χ0v) is 9.62. The van der Waals surface area contributed by atoms with Crippen molar-refractivity contribution in [3.05, 3.63) is 41.5 Å². The predicted molar refractivity (Wildman–Crippen MR) is 63.6 cm³/mol. The highest BCUT2D eigenvalue weighted by molar-refractivity contribution is 5.72. The summed E-state index contributed by atoms with van der Waals surface area (Å²) in [5.41, 5.74) is 3.88. The zero-order valence-electron chi connectivity index (χ0n) is 9.62. The van der Waals surface area contributed by atoms with E-state index in [0.29, 0.717) is 0 Å². The fraction of sp³-hybridized carbons (Fsp3) is 0.429. The third-order valence-corrected chi connectivity index (χ3v) is 3.17. The molecule has 1 aliphatic rings. The maximum Gasteiger partial charge on any atom is 0.0735 e. The normalized spacial score (nSPS) is 24.0. The molecular formula is C14H18O. The van der Waals surface area contributed by atoms with Gasteiger partial charge in [0.2, 0.25) is 0 Å². The molecule has 15 heavy (non-hydrogen) atoms. The summed E-state index contributed by atoms with van der Waals surface area (Å²) in [4.78, 5) is 0. The van der Waals surface area contributed by atoms with Crippen molar-refractivity contribution < 1.29 is 5.11 Å². The van der Waals surface area contributed by atoms with E-state index in [4.69, 9.17) is 0 Å². The van der Waals surface area contributed by atoms with Crippen molar-refractivity contribution in [2.24, 2.45) is 5.41 Å². The summed E-state index contributed by atoms with van der Waals surface area (Å²) >= 11 is 0. The van der Waals surface area contributed by atoms with Crippen LogP contribution in [-0.4, -0.2) is 11.2 Å². The first kappa shape index (κ1) is 10.4. The topological polar surface area (TPSA) is 20.2 Å². The number of allylic oxidation sites excluding steroid dienone is 1. The SMILES string of the molecule is Cc1ccc(C2=CC(O)CC2(C)C)cc1. The molecule has 0 spiro atoms. The van der Waals surface area contributed by atoms with Gasteiger partial charge in [-0.25, -0.2) is 0 Å². The molecule has 1 atom stereocenters. The number of rotatable bonds is 1. The van der Waals surface area contributed by atoms with E-state index in [1.807, 2.05) is 6.08 Å². The molecule has 1 aromatic rings. The molecule has 0 saturated heterocycles. The third-order valence-electron chi connectivity index (χ3n) is 3.17. The first-order chi connectivity index (χ1) is 6.99. The molecule has 2 rings (SSSR count). The molecule has 1 nitrogen and oxygen atoms in total. The maximum atomic E-state index is 9.67. The van der Waals surface area contributed by atoms with E-state index in [-0.39, 0.29) is 11.5 Å². The summed E-state index contributed by atoms with van der Waals surface area (Å²) in [7, 11) is 0. The molecular weight excluding hydrogens is 184 g/mol. The van der Waals surface area contributed by atoms with E-state index < -0.39 is 0 Å². The van der Waals surface area contributed by atoms with Crippen molar-refractivity contribution in [1.82, 2.24) is 0 Å². The van der Waals surface area contributed by atoms with Gasteiger partial charge in [0.25, 0.3) is 0 Å². The fourth-order valence-electron chi connectivity index (χ4n) is 2.33. The largest absolute Gasteiger partial charge is 0.389 e. The molecule has 0 radical (unpaired) electrons. The Morgan fingerprint density at radius 1 is 1.20 bits per heavy atom. The Balaban J connectivity index is 2.39. The molecule has 1 N–H and O–H groups in total. The highest BCUT2D eigenvalue weighted by atomic mass is 16.3. The molecule has 1 aromatic carbocycles. The van der Waals surface area contributed by atoms with Crippen LogP contribution in [0, 0.1) is 12.3 Å². The van der Waals surface area contributed by atoms with Gasteiger partial charge in [0.05, 0.1) is 6.10 Å². The van der Waals surface area contributed by atoms with E-state index in [0.717, 1.165) is 6.42 Å². The first-order valence-corrected chi connectivity index (χ1v) is 5.46. The molecule has 80 valence electrons. The van der Waals surface area contributed by atoms with Crippen LogP contribution in [0.25, 0.3) is 5.57 Å². The summed E-state index contributed by atoms with van der Waals surface area (Å²) in [6, 6.07) is 8.52. The van der Waals surface area contributed by atoms with Gasteiger partial charge in [-0.2, -0.15) is 0 Å². The van der Waals surface area contributed by atoms with Gasteiger partial charge in [0.1, 0.15) is 0 Å². The van der Waals surface area contributed by atoms with Crippen LogP contribution in [0.15, 0.2) is 30.3 Å². The van der Waals surface area contributed by atoms with Gasteiger partial charge >= 0.3 is 0 Å². The minimum Gasteiger partial charge on any atom is -0.389 e. The van der Waals surface area contributed by atoms with Crippen LogP contribution in [0.1, 0.15) is 31.4 Å². The molecule has 0 saturated carbocycles. The summed E-state index contributed by atoms with van der Waals surface area (Å²) in [6.45, 7) is 6.47. The van der Waals surface area contributed by atoms with E-state index >= 15 is 0 Å². The highest BCUT2D eigenvalue weighted by Gasteiger charge is 2.32. The number of benzene rings is 1. The molecule has 0 fully saturated rings. The number of hydrogen-bond donors (Lipinski definition) is 1. The lowest BCUT2D eigenvalue weighted by atomic mass is 9.82. The number of aliphatic hydroxyl groups is 1. The second-order valence-corrected chi connectivity index (χ2v) is 5.10. The van der Waals surface area contributed by atoms with Crippen molar-refractivity contribution in [3.8, 4) is 0 Å². The standard InChI is InChI=1S/C14H18O/c1-10-4-6-11(7-5-10)13-8-12(15)9-14(13,2)3/h4-8,12,15H,9H2,1-3H3. The lowest BCUT2D eigenvalue weighted by Gasteiger charge is -2.23. The van der Waals surface area contributed by atoms with E-state index in [9.17, 15) is 5.11 Å². The van der Waals surface area contributed by atoms with Gasteiger partial charge in [0, 0.05) is 0 Å². The minimum atomic E-state index is -0.281. The van der Waals surface area contributed by atoms with Gasteiger partial charge in [-0.05, 0) is 29.9 Å². The van der Waals surface area contributed by atoms with Crippen LogP contribution in [0.3, 0.4) is 0 Å².